The summed E-state index contributed by atoms with van der Waals surface area (Å²) in [6.07, 6.45) is 1.67. The van der Waals surface area contributed by atoms with Gasteiger partial charge in [0, 0.05) is 25.7 Å². The molecule has 0 spiro atoms. The van der Waals surface area contributed by atoms with Crippen molar-refractivity contribution in [2.24, 2.45) is 5.73 Å². The van der Waals surface area contributed by atoms with E-state index in [-0.39, 0.29) is 17.7 Å². The van der Waals surface area contributed by atoms with Gasteiger partial charge < -0.3 is 11.9 Å². The maximum absolute atomic E-state index is 10.8. The zero-order chi connectivity index (χ0) is 8.69. The van der Waals surface area contributed by atoms with Crippen molar-refractivity contribution in [2.75, 3.05) is 6.54 Å². The van der Waals surface area contributed by atoms with Crippen LogP contribution in [0.1, 0.15) is 32.6 Å². The standard InChI is InChI=1S/C8H15NO2.H3N/c1-2-7(10)3-4-8(11)5-6-9;/h2-6,9H2,1H3;1H3. The average Bonchev–Trinajstić information content (AvgIpc) is 2.01. The normalized spacial score (nSPS) is 8.83. The van der Waals surface area contributed by atoms with Gasteiger partial charge >= 0.3 is 0 Å². The van der Waals surface area contributed by atoms with E-state index in [1.165, 1.54) is 0 Å². The molecule has 0 aromatic heterocycles. The molecule has 0 bridgehead atoms. The third-order valence-electron chi connectivity index (χ3n) is 1.50. The van der Waals surface area contributed by atoms with Crippen LogP contribution >= 0.6 is 0 Å². The lowest BCUT2D eigenvalue weighted by Crippen LogP contribution is -2.09. The molecule has 5 N–H and O–H groups in total. The predicted octanol–water partition coefficient (Wildman–Crippen LogP) is 0.826. The molecule has 0 saturated heterocycles. The Bertz CT molecular complexity index is 146. The smallest absolute Gasteiger partial charge is 0.134 e. The van der Waals surface area contributed by atoms with Crippen LogP contribution < -0.4 is 11.9 Å². The molecule has 0 aliphatic carbocycles. The molecule has 0 aromatic rings. The van der Waals surface area contributed by atoms with Crippen molar-refractivity contribution in [3.8, 4) is 0 Å². The van der Waals surface area contributed by atoms with Gasteiger partial charge in [-0.15, -0.1) is 0 Å². The van der Waals surface area contributed by atoms with Gasteiger partial charge in [-0.1, -0.05) is 6.92 Å². The van der Waals surface area contributed by atoms with Crippen molar-refractivity contribution < 1.29 is 9.59 Å². The second kappa shape index (κ2) is 8.36. The van der Waals surface area contributed by atoms with E-state index in [9.17, 15) is 9.59 Å². The third kappa shape index (κ3) is 7.37. The number of ketones is 2. The first kappa shape index (κ1) is 13.8. The SMILES string of the molecule is CCC(=O)CCC(=O)CCN.N. The largest absolute Gasteiger partial charge is 0.344 e. The minimum atomic E-state index is 0. The first-order valence-corrected chi connectivity index (χ1v) is 3.94. The van der Waals surface area contributed by atoms with Crippen LogP contribution in [0.3, 0.4) is 0 Å². The summed E-state index contributed by atoms with van der Waals surface area (Å²) in [5.41, 5.74) is 5.16. The van der Waals surface area contributed by atoms with Gasteiger partial charge in [-0.25, -0.2) is 0 Å². The van der Waals surface area contributed by atoms with Gasteiger partial charge in [-0.3, -0.25) is 9.59 Å². The fraction of sp³-hybridized carbons (Fsp3) is 0.750. The Kier molecular flexibility index (Phi) is 9.63. The van der Waals surface area contributed by atoms with Crippen LogP contribution in [0.5, 0.6) is 0 Å². The maximum Gasteiger partial charge on any atom is 0.134 e. The lowest BCUT2D eigenvalue weighted by atomic mass is 10.1. The van der Waals surface area contributed by atoms with Gasteiger partial charge in [-0.2, -0.15) is 0 Å². The molecule has 12 heavy (non-hydrogen) atoms. The molecule has 4 heteroatoms. The Labute approximate surface area is 73.1 Å². The molecule has 0 rings (SSSR count). The van der Waals surface area contributed by atoms with E-state index in [0.29, 0.717) is 32.2 Å². The van der Waals surface area contributed by atoms with E-state index in [0.717, 1.165) is 0 Å². The van der Waals surface area contributed by atoms with Gasteiger partial charge in [0.05, 0.1) is 0 Å². The first-order chi connectivity index (χ1) is 5.20. The van der Waals surface area contributed by atoms with Crippen LogP contribution in [-0.4, -0.2) is 18.1 Å². The Hall–Kier alpha value is -0.740. The quantitative estimate of drug-likeness (QED) is 0.623. The molecule has 0 amide bonds. The zero-order valence-corrected chi connectivity index (χ0v) is 7.64. The molecule has 0 aromatic carbocycles. The van der Waals surface area contributed by atoms with E-state index in [2.05, 4.69) is 0 Å². The lowest BCUT2D eigenvalue weighted by molar-refractivity contribution is -0.124. The molecule has 0 aliphatic heterocycles. The summed E-state index contributed by atoms with van der Waals surface area (Å²) in [5, 5.41) is 0. The second-order valence-corrected chi connectivity index (χ2v) is 2.47. The highest BCUT2D eigenvalue weighted by molar-refractivity contribution is 5.85. The van der Waals surface area contributed by atoms with Gasteiger partial charge in [0.25, 0.3) is 0 Å². The van der Waals surface area contributed by atoms with Crippen molar-refractivity contribution in [3.63, 3.8) is 0 Å². The molecule has 0 saturated carbocycles. The van der Waals surface area contributed by atoms with E-state index in [1.807, 2.05) is 0 Å². The molecule has 0 radical (unpaired) electrons. The molecule has 0 aliphatic rings. The van der Waals surface area contributed by atoms with Crippen molar-refractivity contribution in [3.05, 3.63) is 0 Å². The van der Waals surface area contributed by atoms with E-state index >= 15 is 0 Å². The molecule has 4 nitrogen and oxygen atoms in total. The highest BCUT2D eigenvalue weighted by atomic mass is 16.1. The second-order valence-electron chi connectivity index (χ2n) is 2.47. The van der Waals surface area contributed by atoms with Crippen molar-refractivity contribution in [2.45, 2.75) is 32.6 Å². The zero-order valence-electron chi connectivity index (χ0n) is 7.64. The number of carbonyl (C=O) groups excluding carboxylic acids is 2. The monoisotopic (exact) mass is 174 g/mol. The van der Waals surface area contributed by atoms with E-state index in [1.54, 1.807) is 6.92 Å². The van der Waals surface area contributed by atoms with Crippen molar-refractivity contribution in [1.29, 1.82) is 0 Å². The molecular weight excluding hydrogens is 156 g/mol. The van der Waals surface area contributed by atoms with Crippen LogP contribution in [0.25, 0.3) is 0 Å². The Balaban J connectivity index is 0. The van der Waals surface area contributed by atoms with Crippen LogP contribution in [0, 0.1) is 0 Å². The maximum atomic E-state index is 10.8. The van der Waals surface area contributed by atoms with Crippen molar-refractivity contribution >= 4 is 11.6 Å². The molecular formula is C8H18N2O2. The van der Waals surface area contributed by atoms with Crippen molar-refractivity contribution in [1.82, 2.24) is 6.15 Å². The Morgan fingerprint density at radius 3 is 2.00 bits per heavy atom. The van der Waals surface area contributed by atoms with Crippen LogP contribution in [0.15, 0.2) is 0 Å². The van der Waals surface area contributed by atoms with Gasteiger partial charge in [0.2, 0.25) is 0 Å². The number of hydrogen-bond acceptors (Lipinski definition) is 4. The Morgan fingerprint density at radius 2 is 1.58 bits per heavy atom. The summed E-state index contributed by atoms with van der Waals surface area (Å²) in [6.45, 7) is 2.19. The highest BCUT2D eigenvalue weighted by Crippen LogP contribution is 1.97. The summed E-state index contributed by atoms with van der Waals surface area (Å²) in [5.74, 6) is 0.240. The number of carbonyl (C=O) groups is 2. The fourth-order valence-electron chi connectivity index (χ4n) is 0.742. The van der Waals surface area contributed by atoms with Gasteiger partial charge in [0.15, 0.2) is 0 Å². The molecule has 0 unspecified atom stereocenters. The van der Waals surface area contributed by atoms with Gasteiger partial charge in [-0.05, 0) is 6.54 Å². The molecule has 0 atom stereocenters. The van der Waals surface area contributed by atoms with E-state index < -0.39 is 0 Å². The third-order valence-corrected chi connectivity index (χ3v) is 1.50. The van der Waals surface area contributed by atoms with Gasteiger partial charge in [0.1, 0.15) is 11.6 Å². The summed E-state index contributed by atoms with van der Waals surface area (Å²) >= 11 is 0. The topological polar surface area (TPSA) is 95.2 Å². The minimum Gasteiger partial charge on any atom is -0.344 e. The average molecular weight is 174 g/mol. The van der Waals surface area contributed by atoms with E-state index in [4.69, 9.17) is 5.73 Å². The number of rotatable bonds is 6. The van der Waals surface area contributed by atoms with Crippen LogP contribution in [0.4, 0.5) is 0 Å². The summed E-state index contributed by atoms with van der Waals surface area (Å²) in [4.78, 5) is 21.6. The molecule has 0 fully saturated rings. The predicted molar refractivity (Wildman–Crippen MR) is 48.2 cm³/mol. The summed E-state index contributed by atoms with van der Waals surface area (Å²) < 4.78 is 0. The highest BCUT2D eigenvalue weighted by Gasteiger charge is 2.03. The number of nitrogens with two attached hydrogens (primary N) is 1. The Morgan fingerprint density at radius 1 is 1.08 bits per heavy atom. The minimum absolute atomic E-state index is 0. The number of Topliss-reactive ketones (excluding diaryl/α,β-unsaturated/α-hetero) is 2. The molecule has 72 valence electrons. The number of hydrogen-bond donors (Lipinski definition) is 2. The van der Waals surface area contributed by atoms with Crippen LogP contribution in [-0.2, 0) is 9.59 Å². The first-order valence-electron chi connectivity index (χ1n) is 3.94. The fourth-order valence-corrected chi connectivity index (χ4v) is 0.742. The summed E-state index contributed by atoms with van der Waals surface area (Å²) in [6, 6.07) is 0. The lowest BCUT2D eigenvalue weighted by Gasteiger charge is -1.96. The van der Waals surface area contributed by atoms with Crippen LogP contribution in [0.2, 0.25) is 0 Å². The summed E-state index contributed by atoms with van der Waals surface area (Å²) in [7, 11) is 0. The molecule has 0 heterocycles.